The Hall–Kier alpha value is -3.42. The average molecular weight is 454 g/mol. The first kappa shape index (κ1) is 21.4. The molecule has 6 nitrogen and oxygen atoms in total. The molecule has 1 aromatic heterocycles. The molecule has 8 heteroatoms. The smallest absolute Gasteiger partial charge is 0.337 e. The Labute approximate surface area is 188 Å². The summed E-state index contributed by atoms with van der Waals surface area (Å²) in [5.74, 6) is -4.84. The van der Waals surface area contributed by atoms with Crippen LogP contribution in [0.5, 0.6) is 0 Å². The Morgan fingerprint density at radius 3 is 2.58 bits per heavy atom. The van der Waals surface area contributed by atoms with E-state index in [1.165, 1.54) is 12.1 Å². The molecule has 1 saturated carbocycles. The SMILES string of the molecule is Cc1cc(C(C)Nc2ccccc2C(=O)O)c2oc(N3CC4CC(C3)C4(F)F)cc(=O)c2c1. The van der Waals surface area contributed by atoms with E-state index in [4.69, 9.17) is 4.42 Å². The first-order chi connectivity index (χ1) is 15.6. The fourth-order valence-electron chi connectivity index (χ4n) is 5.02. The maximum atomic E-state index is 14.0. The minimum atomic E-state index is -2.65. The summed E-state index contributed by atoms with van der Waals surface area (Å²) >= 11 is 0. The highest BCUT2D eigenvalue weighted by Crippen LogP contribution is 2.53. The highest BCUT2D eigenvalue weighted by atomic mass is 19.3. The van der Waals surface area contributed by atoms with Crippen molar-refractivity contribution in [2.75, 3.05) is 23.3 Å². The minimum Gasteiger partial charge on any atom is -0.478 e. The molecule has 0 spiro atoms. The van der Waals surface area contributed by atoms with Crippen molar-refractivity contribution >= 4 is 28.5 Å². The highest BCUT2D eigenvalue weighted by Gasteiger charge is 2.61. The van der Waals surface area contributed by atoms with E-state index in [0.29, 0.717) is 34.5 Å². The fourth-order valence-corrected chi connectivity index (χ4v) is 5.02. The molecule has 172 valence electrons. The number of hydrogen-bond donors (Lipinski definition) is 2. The number of carbonyl (C=O) groups is 1. The van der Waals surface area contributed by atoms with Crippen LogP contribution in [0.15, 0.2) is 51.7 Å². The topological polar surface area (TPSA) is 82.8 Å². The van der Waals surface area contributed by atoms with Crippen molar-refractivity contribution in [3.8, 4) is 0 Å². The van der Waals surface area contributed by atoms with Crippen LogP contribution in [0.3, 0.4) is 0 Å². The maximum Gasteiger partial charge on any atom is 0.337 e. The van der Waals surface area contributed by atoms with Crippen molar-refractivity contribution in [3.05, 3.63) is 69.4 Å². The lowest BCUT2D eigenvalue weighted by atomic mass is 9.67. The summed E-state index contributed by atoms with van der Waals surface area (Å²) in [6, 6.07) is 11.2. The van der Waals surface area contributed by atoms with Crippen molar-refractivity contribution < 1.29 is 23.1 Å². The molecule has 33 heavy (non-hydrogen) atoms. The summed E-state index contributed by atoms with van der Waals surface area (Å²) in [6.07, 6.45) is 0.496. The number of carboxylic acids is 1. The van der Waals surface area contributed by atoms with Crippen molar-refractivity contribution in [1.82, 2.24) is 0 Å². The first-order valence-electron chi connectivity index (χ1n) is 10.9. The standard InChI is InChI=1S/C25H24F2N2O4/c1-13-7-18(14(2)28-20-6-4-3-5-17(20)24(31)32)23-19(8-13)21(30)10-22(33-23)29-11-15-9-16(12-29)25(15,26)27/h3-8,10,14-16,28H,9,11-12H2,1-2H3,(H,31,32). The number of hydrogen-bond acceptors (Lipinski definition) is 5. The predicted octanol–water partition coefficient (Wildman–Crippen LogP) is 5.06. The molecule has 3 atom stereocenters. The summed E-state index contributed by atoms with van der Waals surface area (Å²) < 4.78 is 34.2. The third-order valence-corrected chi connectivity index (χ3v) is 6.84. The predicted molar refractivity (Wildman–Crippen MR) is 121 cm³/mol. The third kappa shape index (κ3) is 3.53. The quantitative estimate of drug-likeness (QED) is 0.561. The summed E-state index contributed by atoms with van der Waals surface area (Å²) in [5.41, 5.74) is 2.27. The monoisotopic (exact) mass is 454 g/mol. The number of anilines is 2. The second-order valence-electron chi connectivity index (χ2n) is 9.11. The number of aromatic carboxylic acids is 1. The van der Waals surface area contributed by atoms with Crippen LogP contribution in [0.2, 0.25) is 0 Å². The number of nitrogens with one attached hydrogen (secondary N) is 1. The number of carboxylic acid groups (broad SMARTS) is 1. The number of aryl methyl sites for hydroxylation is 1. The Bertz CT molecular complexity index is 1310. The molecular formula is C25H24F2N2O4. The number of halogens is 2. The van der Waals surface area contributed by atoms with Crippen LogP contribution < -0.4 is 15.6 Å². The lowest BCUT2D eigenvalue weighted by Gasteiger charge is -2.53. The van der Waals surface area contributed by atoms with E-state index in [2.05, 4.69) is 5.32 Å². The highest BCUT2D eigenvalue weighted by molar-refractivity contribution is 5.94. The van der Waals surface area contributed by atoms with Crippen LogP contribution >= 0.6 is 0 Å². The Morgan fingerprint density at radius 1 is 1.21 bits per heavy atom. The Balaban J connectivity index is 1.54. The van der Waals surface area contributed by atoms with Gasteiger partial charge in [-0.2, -0.15) is 0 Å². The molecule has 2 aromatic carbocycles. The van der Waals surface area contributed by atoms with E-state index >= 15 is 0 Å². The van der Waals surface area contributed by atoms with Gasteiger partial charge in [-0.25, -0.2) is 13.6 Å². The molecule has 3 aliphatic rings. The van der Waals surface area contributed by atoms with E-state index in [-0.39, 0.29) is 30.1 Å². The number of para-hydroxylation sites is 1. The second-order valence-corrected chi connectivity index (χ2v) is 9.11. The molecule has 3 unspecified atom stereocenters. The van der Waals surface area contributed by atoms with Crippen LogP contribution in [-0.4, -0.2) is 30.1 Å². The van der Waals surface area contributed by atoms with E-state index < -0.39 is 23.7 Å². The van der Waals surface area contributed by atoms with E-state index in [1.807, 2.05) is 19.9 Å². The minimum absolute atomic E-state index is 0.136. The van der Waals surface area contributed by atoms with Gasteiger partial charge in [0.25, 0.3) is 5.92 Å². The van der Waals surface area contributed by atoms with Crippen LogP contribution in [0, 0.1) is 18.8 Å². The number of rotatable bonds is 5. The summed E-state index contributed by atoms with van der Waals surface area (Å²) in [6.45, 7) is 4.03. The van der Waals surface area contributed by atoms with E-state index in [9.17, 15) is 23.5 Å². The van der Waals surface area contributed by atoms with Gasteiger partial charge >= 0.3 is 5.97 Å². The number of piperidine rings is 2. The number of benzene rings is 2. The lowest BCUT2D eigenvalue weighted by molar-refractivity contribution is -0.194. The van der Waals surface area contributed by atoms with Gasteiger partial charge in [0.05, 0.1) is 17.0 Å². The molecule has 6 rings (SSSR count). The van der Waals surface area contributed by atoms with Crippen LogP contribution in [0.25, 0.3) is 11.0 Å². The van der Waals surface area contributed by atoms with Gasteiger partial charge in [-0.15, -0.1) is 0 Å². The molecule has 0 radical (unpaired) electrons. The van der Waals surface area contributed by atoms with E-state index in [1.54, 1.807) is 29.2 Å². The maximum absolute atomic E-state index is 14.0. The van der Waals surface area contributed by atoms with Gasteiger partial charge in [0.1, 0.15) is 5.58 Å². The molecule has 2 saturated heterocycles. The van der Waals surface area contributed by atoms with Gasteiger partial charge in [-0.05, 0) is 44.0 Å². The molecule has 0 amide bonds. The van der Waals surface area contributed by atoms with Gasteiger partial charge < -0.3 is 19.7 Å². The number of fused-ring (bicyclic) bond motifs is 3. The molecule has 3 aromatic rings. The fraction of sp³-hybridized carbons (Fsp3) is 0.360. The van der Waals surface area contributed by atoms with Crippen LogP contribution in [0.4, 0.5) is 20.4 Å². The first-order valence-corrected chi connectivity index (χ1v) is 10.9. The van der Waals surface area contributed by atoms with Crippen LogP contribution in [0.1, 0.15) is 40.9 Å². The normalized spacial score (nSPS) is 22.0. The second kappa shape index (κ2) is 7.57. The van der Waals surface area contributed by atoms with Gasteiger partial charge in [-0.1, -0.05) is 18.2 Å². The van der Waals surface area contributed by atoms with E-state index in [0.717, 1.165) is 5.56 Å². The molecule has 2 N–H and O–H groups in total. The summed E-state index contributed by atoms with van der Waals surface area (Å²) in [5, 5.41) is 13.1. The summed E-state index contributed by atoms with van der Waals surface area (Å²) in [4.78, 5) is 26.3. The zero-order chi connectivity index (χ0) is 23.5. The van der Waals surface area contributed by atoms with Crippen molar-refractivity contribution in [2.45, 2.75) is 32.2 Å². The molecule has 1 aliphatic carbocycles. The Morgan fingerprint density at radius 2 is 1.91 bits per heavy atom. The molecule has 2 bridgehead atoms. The number of nitrogens with zero attached hydrogens (tertiary/aromatic N) is 1. The summed E-state index contributed by atoms with van der Waals surface area (Å²) in [7, 11) is 0. The molecule has 3 fully saturated rings. The van der Waals surface area contributed by atoms with Crippen molar-refractivity contribution in [1.29, 1.82) is 0 Å². The largest absolute Gasteiger partial charge is 0.478 e. The zero-order valence-electron chi connectivity index (χ0n) is 18.3. The van der Waals surface area contributed by atoms with Crippen LogP contribution in [-0.2, 0) is 0 Å². The van der Waals surface area contributed by atoms with Gasteiger partial charge in [-0.3, -0.25) is 4.79 Å². The van der Waals surface area contributed by atoms with Gasteiger partial charge in [0.15, 0.2) is 11.3 Å². The third-order valence-electron chi connectivity index (χ3n) is 6.84. The van der Waals surface area contributed by atoms with Gasteiger partial charge in [0, 0.05) is 42.2 Å². The van der Waals surface area contributed by atoms with Gasteiger partial charge in [0.2, 0.25) is 0 Å². The lowest BCUT2D eigenvalue weighted by Crippen LogP contribution is -2.62. The zero-order valence-corrected chi connectivity index (χ0v) is 18.3. The molecular weight excluding hydrogens is 430 g/mol. The van der Waals surface area contributed by atoms with Crippen molar-refractivity contribution in [2.24, 2.45) is 11.8 Å². The molecule has 3 heterocycles. The van der Waals surface area contributed by atoms with Crippen molar-refractivity contribution in [3.63, 3.8) is 0 Å². The number of alkyl halides is 2. The molecule has 2 aliphatic heterocycles. The Kier molecular flexibility index (Phi) is 4.92. The average Bonchev–Trinajstić information content (AvgIpc) is 2.79.